The minimum atomic E-state index is 0.0342. The summed E-state index contributed by atoms with van der Waals surface area (Å²) < 4.78 is 0. The van der Waals surface area contributed by atoms with Gasteiger partial charge in [0.05, 0.1) is 6.04 Å². The molecule has 5 nitrogen and oxygen atoms in total. The number of amides is 1. The van der Waals surface area contributed by atoms with E-state index in [0.717, 1.165) is 57.9 Å². The summed E-state index contributed by atoms with van der Waals surface area (Å²) in [5.74, 6) is 1.31. The molecule has 0 radical (unpaired) electrons. The number of carbonyl (C=O) groups excluding carboxylic acids is 1. The second-order valence-corrected chi connectivity index (χ2v) is 7.62. The van der Waals surface area contributed by atoms with Crippen molar-refractivity contribution < 1.29 is 4.79 Å². The molecule has 2 aromatic rings. The Hall–Kier alpha value is -2.40. The number of aryl methyl sites for hydroxylation is 1. The lowest BCUT2D eigenvalue weighted by molar-refractivity contribution is -0.136. The van der Waals surface area contributed by atoms with E-state index >= 15 is 0 Å². The van der Waals surface area contributed by atoms with Gasteiger partial charge in [-0.2, -0.15) is 0 Å². The Labute approximate surface area is 161 Å². The van der Waals surface area contributed by atoms with Crippen LogP contribution >= 0.6 is 0 Å². The van der Waals surface area contributed by atoms with E-state index in [9.17, 15) is 4.79 Å². The largest absolute Gasteiger partial charge is 0.353 e. The first kappa shape index (κ1) is 18.0. The Morgan fingerprint density at radius 1 is 1.07 bits per heavy atom. The van der Waals surface area contributed by atoms with Crippen LogP contribution in [0.2, 0.25) is 0 Å². The quantitative estimate of drug-likeness (QED) is 0.836. The van der Waals surface area contributed by atoms with E-state index in [1.54, 1.807) is 0 Å². The molecule has 1 unspecified atom stereocenters. The number of anilines is 1. The van der Waals surface area contributed by atoms with Gasteiger partial charge in [-0.3, -0.25) is 9.69 Å². The highest BCUT2D eigenvalue weighted by Crippen LogP contribution is 2.23. The second kappa shape index (κ2) is 8.09. The van der Waals surface area contributed by atoms with Crippen LogP contribution in [-0.4, -0.2) is 59.5 Å². The zero-order valence-electron chi connectivity index (χ0n) is 16.1. The molecule has 5 heteroatoms. The first-order valence-corrected chi connectivity index (χ1v) is 9.95. The van der Waals surface area contributed by atoms with Gasteiger partial charge in [0.25, 0.3) is 0 Å². The first-order chi connectivity index (χ1) is 13.2. The molecular weight excluding hydrogens is 336 g/mol. The predicted octanol–water partition coefficient (Wildman–Crippen LogP) is 2.70. The van der Waals surface area contributed by atoms with Crippen LogP contribution in [0.25, 0.3) is 0 Å². The van der Waals surface area contributed by atoms with E-state index in [2.05, 4.69) is 50.9 Å². The van der Waals surface area contributed by atoms with E-state index in [4.69, 9.17) is 0 Å². The number of benzene rings is 1. The van der Waals surface area contributed by atoms with Crippen molar-refractivity contribution in [2.24, 2.45) is 0 Å². The maximum atomic E-state index is 13.2. The molecule has 0 saturated carbocycles. The van der Waals surface area contributed by atoms with E-state index in [0.29, 0.717) is 5.91 Å². The number of hydrogen-bond donors (Lipinski definition) is 0. The van der Waals surface area contributed by atoms with Crippen LogP contribution in [0.5, 0.6) is 0 Å². The number of hydrogen-bond acceptors (Lipinski definition) is 4. The maximum Gasteiger partial charge on any atom is 0.240 e. The van der Waals surface area contributed by atoms with Crippen LogP contribution in [0, 0.1) is 6.92 Å². The van der Waals surface area contributed by atoms with Crippen molar-refractivity contribution >= 4 is 11.7 Å². The van der Waals surface area contributed by atoms with Gasteiger partial charge in [-0.05, 0) is 44.0 Å². The Bertz CT molecular complexity index is 771. The van der Waals surface area contributed by atoms with Crippen LogP contribution in [0.1, 0.15) is 24.0 Å². The molecule has 0 aliphatic carbocycles. The Kier molecular flexibility index (Phi) is 5.39. The molecule has 3 heterocycles. The molecule has 1 aromatic heterocycles. The third-order valence-electron chi connectivity index (χ3n) is 5.68. The SMILES string of the molecule is Cc1cccc(CN2CCCC2C(=O)N2CCN(c3ccccn3)CC2)c1. The van der Waals surface area contributed by atoms with Gasteiger partial charge in [0.15, 0.2) is 0 Å². The molecule has 2 fully saturated rings. The lowest BCUT2D eigenvalue weighted by atomic mass is 10.1. The molecular formula is C22H28N4O. The zero-order valence-corrected chi connectivity index (χ0v) is 16.1. The smallest absolute Gasteiger partial charge is 0.240 e. The van der Waals surface area contributed by atoms with Crippen LogP contribution < -0.4 is 4.90 Å². The molecule has 0 bridgehead atoms. The lowest BCUT2D eigenvalue weighted by Gasteiger charge is -2.37. The molecule has 2 aliphatic rings. The second-order valence-electron chi connectivity index (χ2n) is 7.62. The highest BCUT2D eigenvalue weighted by atomic mass is 16.2. The molecule has 4 rings (SSSR count). The molecule has 27 heavy (non-hydrogen) atoms. The normalized spacial score (nSPS) is 20.9. The van der Waals surface area contributed by atoms with Gasteiger partial charge >= 0.3 is 0 Å². The number of likely N-dealkylation sites (tertiary alicyclic amines) is 1. The number of piperazine rings is 1. The van der Waals surface area contributed by atoms with E-state index in [1.165, 1.54) is 11.1 Å². The standard InChI is InChI=1S/C22H28N4O/c1-18-6-4-7-19(16-18)17-26-11-5-8-20(26)22(27)25-14-12-24(13-15-25)21-9-2-3-10-23-21/h2-4,6-7,9-10,16,20H,5,8,11-15,17H2,1H3. The van der Waals surface area contributed by atoms with Crippen molar-refractivity contribution in [2.75, 3.05) is 37.6 Å². The Morgan fingerprint density at radius 3 is 2.67 bits per heavy atom. The summed E-state index contributed by atoms with van der Waals surface area (Å²) in [5, 5.41) is 0. The summed E-state index contributed by atoms with van der Waals surface area (Å²) in [7, 11) is 0. The third kappa shape index (κ3) is 4.14. The Balaban J connectivity index is 1.36. The van der Waals surface area contributed by atoms with Gasteiger partial charge in [-0.25, -0.2) is 4.98 Å². The summed E-state index contributed by atoms with van der Waals surface area (Å²) in [6.45, 7) is 7.27. The van der Waals surface area contributed by atoms with Gasteiger partial charge in [-0.15, -0.1) is 0 Å². The Morgan fingerprint density at radius 2 is 1.93 bits per heavy atom. The summed E-state index contributed by atoms with van der Waals surface area (Å²) in [4.78, 5) is 24.3. The van der Waals surface area contributed by atoms with Crippen molar-refractivity contribution in [3.8, 4) is 0 Å². The van der Waals surface area contributed by atoms with Crippen molar-refractivity contribution in [1.29, 1.82) is 0 Å². The number of carbonyl (C=O) groups is 1. The van der Waals surface area contributed by atoms with E-state index < -0.39 is 0 Å². The zero-order chi connectivity index (χ0) is 18.6. The average molecular weight is 364 g/mol. The van der Waals surface area contributed by atoms with Crippen molar-refractivity contribution in [3.05, 3.63) is 59.8 Å². The summed E-state index contributed by atoms with van der Waals surface area (Å²) in [6, 6.07) is 14.6. The van der Waals surface area contributed by atoms with Gasteiger partial charge in [0.1, 0.15) is 5.82 Å². The van der Waals surface area contributed by atoms with Crippen molar-refractivity contribution in [2.45, 2.75) is 32.4 Å². The number of rotatable bonds is 4. The minimum Gasteiger partial charge on any atom is -0.353 e. The van der Waals surface area contributed by atoms with Crippen LogP contribution in [0.15, 0.2) is 48.7 Å². The monoisotopic (exact) mass is 364 g/mol. The summed E-state index contributed by atoms with van der Waals surface area (Å²) in [5.41, 5.74) is 2.58. The summed E-state index contributed by atoms with van der Waals surface area (Å²) >= 11 is 0. The fraction of sp³-hybridized carbons (Fsp3) is 0.455. The third-order valence-corrected chi connectivity index (χ3v) is 5.68. The molecule has 2 aliphatic heterocycles. The average Bonchev–Trinajstić information content (AvgIpc) is 3.16. The van der Waals surface area contributed by atoms with Crippen LogP contribution in [0.4, 0.5) is 5.82 Å². The molecule has 1 atom stereocenters. The molecule has 1 amide bonds. The molecule has 142 valence electrons. The first-order valence-electron chi connectivity index (χ1n) is 9.95. The van der Waals surface area contributed by atoms with E-state index in [1.807, 2.05) is 24.4 Å². The summed E-state index contributed by atoms with van der Waals surface area (Å²) in [6.07, 6.45) is 3.91. The molecule has 0 N–H and O–H groups in total. The maximum absolute atomic E-state index is 13.2. The van der Waals surface area contributed by atoms with Crippen LogP contribution in [0.3, 0.4) is 0 Å². The number of pyridine rings is 1. The number of aromatic nitrogens is 1. The van der Waals surface area contributed by atoms with Gasteiger partial charge < -0.3 is 9.80 Å². The fourth-order valence-electron chi connectivity index (χ4n) is 4.25. The predicted molar refractivity (Wildman–Crippen MR) is 108 cm³/mol. The van der Waals surface area contributed by atoms with Gasteiger partial charge in [-0.1, -0.05) is 35.9 Å². The molecule has 2 saturated heterocycles. The van der Waals surface area contributed by atoms with Crippen molar-refractivity contribution in [3.63, 3.8) is 0 Å². The fourth-order valence-corrected chi connectivity index (χ4v) is 4.25. The van der Waals surface area contributed by atoms with Gasteiger partial charge in [0, 0.05) is 38.9 Å². The van der Waals surface area contributed by atoms with E-state index in [-0.39, 0.29) is 6.04 Å². The number of nitrogens with zero attached hydrogens (tertiary/aromatic N) is 4. The topological polar surface area (TPSA) is 39.7 Å². The lowest BCUT2D eigenvalue weighted by Crippen LogP contribution is -2.53. The molecule has 0 spiro atoms. The van der Waals surface area contributed by atoms with Crippen molar-refractivity contribution in [1.82, 2.24) is 14.8 Å². The van der Waals surface area contributed by atoms with Crippen LogP contribution in [-0.2, 0) is 11.3 Å². The highest BCUT2D eigenvalue weighted by molar-refractivity contribution is 5.82. The minimum absolute atomic E-state index is 0.0342. The van der Waals surface area contributed by atoms with Gasteiger partial charge in [0.2, 0.25) is 5.91 Å². The highest BCUT2D eigenvalue weighted by Gasteiger charge is 2.34. The molecule has 1 aromatic carbocycles.